The summed E-state index contributed by atoms with van der Waals surface area (Å²) in [4.78, 5) is 15.1. The molecule has 1 N–H and O–H groups in total. The summed E-state index contributed by atoms with van der Waals surface area (Å²) >= 11 is 1.77. The Morgan fingerprint density at radius 1 is 1.00 bits per heavy atom. The van der Waals surface area contributed by atoms with E-state index in [4.69, 9.17) is 0 Å². The predicted octanol–water partition coefficient (Wildman–Crippen LogP) is 8.48. The van der Waals surface area contributed by atoms with Crippen molar-refractivity contribution in [2.45, 2.75) is 56.3 Å². The fourth-order valence-corrected chi connectivity index (χ4v) is 6.74. The number of likely N-dealkylation sites (tertiary alicyclic amines) is 1. The highest BCUT2D eigenvalue weighted by Gasteiger charge is 2.30. The molecular weight excluding hydrogens is 526 g/mol. The number of carbonyl (C=O) groups is 1. The smallest absolute Gasteiger partial charge is 0.335 e. The molecule has 1 saturated heterocycles. The minimum absolute atomic E-state index is 0.201. The summed E-state index contributed by atoms with van der Waals surface area (Å²) in [7, 11) is 0. The molecule has 40 heavy (non-hydrogen) atoms. The van der Waals surface area contributed by atoms with Crippen molar-refractivity contribution < 1.29 is 18.7 Å². The molecule has 0 spiro atoms. The molecule has 0 bridgehead atoms. The molecule has 1 atom stereocenters. The third-order valence-electron chi connectivity index (χ3n) is 8.16. The molecule has 1 aromatic heterocycles. The van der Waals surface area contributed by atoms with Crippen LogP contribution in [0.5, 0.6) is 0 Å². The number of hydrogen-bond acceptors (Lipinski definition) is 3. The van der Waals surface area contributed by atoms with Gasteiger partial charge in [-0.2, -0.15) is 0 Å². The van der Waals surface area contributed by atoms with Gasteiger partial charge in [-0.1, -0.05) is 13.8 Å². The monoisotopic (exact) mass is 562 g/mol. The van der Waals surface area contributed by atoms with E-state index in [9.17, 15) is 18.7 Å². The first-order valence-electron chi connectivity index (χ1n) is 14.1. The first kappa shape index (κ1) is 28.4. The second-order valence-electron chi connectivity index (χ2n) is 10.7. The molecule has 1 fully saturated rings. The Balaban J connectivity index is 1.36. The Hall–Kier alpha value is -3.16. The normalized spacial score (nSPS) is 15.5. The van der Waals surface area contributed by atoms with Crippen molar-refractivity contribution in [2.24, 2.45) is 0 Å². The lowest BCUT2D eigenvalue weighted by Gasteiger charge is -2.33. The molecule has 4 nitrogen and oxygen atoms in total. The molecule has 0 amide bonds. The van der Waals surface area contributed by atoms with Crippen molar-refractivity contribution in [3.8, 4) is 5.69 Å². The maximum Gasteiger partial charge on any atom is 0.335 e. The molecule has 0 saturated carbocycles. The zero-order chi connectivity index (χ0) is 28.2. The van der Waals surface area contributed by atoms with Crippen LogP contribution in [0, 0.1) is 11.6 Å². The topological polar surface area (TPSA) is 45.5 Å². The van der Waals surface area contributed by atoms with Crippen molar-refractivity contribution in [3.05, 3.63) is 95.2 Å². The van der Waals surface area contributed by atoms with Crippen LogP contribution in [0.1, 0.15) is 73.0 Å². The summed E-state index contributed by atoms with van der Waals surface area (Å²) < 4.78 is 29.9. The van der Waals surface area contributed by atoms with Gasteiger partial charge in [0.25, 0.3) is 0 Å². The van der Waals surface area contributed by atoms with Crippen LogP contribution in [0.4, 0.5) is 8.78 Å². The van der Waals surface area contributed by atoms with Crippen molar-refractivity contribution in [2.75, 3.05) is 25.4 Å². The lowest BCUT2D eigenvalue weighted by atomic mass is 9.84. The lowest BCUT2D eigenvalue weighted by molar-refractivity contribution is 0.0697. The van der Waals surface area contributed by atoms with Crippen LogP contribution in [0.3, 0.4) is 0 Å². The average Bonchev–Trinajstić information content (AvgIpc) is 3.30. The van der Waals surface area contributed by atoms with Gasteiger partial charge in [-0.05, 0) is 135 Å². The number of hydrogen-bond donors (Lipinski definition) is 1. The van der Waals surface area contributed by atoms with Gasteiger partial charge in [-0.3, -0.25) is 0 Å². The van der Waals surface area contributed by atoms with Gasteiger partial charge in [0.1, 0.15) is 11.6 Å². The molecule has 2 heterocycles. The maximum atomic E-state index is 14.6. The standard InChI is InChI=1S/C33H36F2N2O2S/c1-3-22(2)32-31(23-15-18-36(19-16-23)17-4-20-40-28-12-7-25(34)8-13-28)29-14-9-26(35)21-30(29)37(32)27-10-5-24(6-11-27)33(38)39/h5-14,21-23H,3-4,15-20H2,1-2H3,(H,38,39). The summed E-state index contributed by atoms with van der Waals surface area (Å²) in [6.07, 6.45) is 4.12. The van der Waals surface area contributed by atoms with E-state index in [0.29, 0.717) is 5.92 Å². The number of halogens is 2. The first-order chi connectivity index (χ1) is 19.4. The summed E-state index contributed by atoms with van der Waals surface area (Å²) in [5.74, 6) is 0.201. The van der Waals surface area contributed by atoms with Crippen molar-refractivity contribution >= 4 is 28.6 Å². The molecule has 1 unspecified atom stereocenters. The highest BCUT2D eigenvalue weighted by molar-refractivity contribution is 7.99. The van der Waals surface area contributed by atoms with Crippen LogP contribution in [-0.2, 0) is 0 Å². The Bertz CT molecular complexity index is 1460. The van der Waals surface area contributed by atoms with Crippen LogP contribution in [-0.4, -0.2) is 45.9 Å². The third kappa shape index (κ3) is 6.11. The number of rotatable bonds is 10. The largest absolute Gasteiger partial charge is 0.478 e. The van der Waals surface area contributed by atoms with Crippen LogP contribution >= 0.6 is 11.8 Å². The van der Waals surface area contributed by atoms with Crippen molar-refractivity contribution in [1.29, 1.82) is 0 Å². The van der Waals surface area contributed by atoms with Gasteiger partial charge in [0, 0.05) is 21.7 Å². The maximum absolute atomic E-state index is 14.6. The van der Waals surface area contributed by atoms with E-state index in [0.717, 1.165) is 72.6 Å². The Kier molecular flexibility index (Phi) is 8.91. The van der Waals surface area contributed by atoms with E-state index in [-0.39, 0.29) is 23.1 Å². The van der Waals surface area contributed by atoms with E-state index in [1.807, 2.05) is 30.3 Å². The van der Waals surface area contributed by atoms with Crippen molar-refractivity contribution in [3.63, 3.8) is 0 Å². The number of fused-ring (bicyclic) bond motifs is 1. The molecule has 1 aliphatic rings. The zero-order valence-corrected chi connectivity index (χ0v) is 23.9. The van der Waals surface area contributed by atoms with E-state index in [1.54, 1.807) is 36.0 Å². The van der Waals surface area contributed by atoms with Gasteiger partial charge in [0.15, 0.2) is 0 Å². The number of aromatic carboxylic acids is 1. The second-order valence-corrected chi connectivity index (χ2v) is 11.9. The van der Waals surface area contributed by atoms with Crippen LogP contribution in [0.15, 0.2) is 71.6 Å². The van der Waals surface area contributed by atoms with E-state index < -0.39 is 5.97 Å². The predicted molar refractivity (Wildman–Crippen MR) is 159 cm³/mol. The molecule has 210 valence electrons. The third-order valence-corrected chi connectivity index (χ3v) is 9.25. The van der Waals surface area contributed by atoms with Crippen LogP contribution < -0.4 is 0 Å². The van der Waals surface area contributed by atoms with Gasteiger partial charge in [0.2, 0.25) is 0 Å². The Morgan fingerprint density at radius 2 is 1.68 bits per heavy atom. The van der Waals surface area contributed by atoms with Gasteiger partial charge in [-0.15, -0.1) is 11.8 Å². The fraction of sp³-hybridized carbons (Fsp3) is 0.364. The fourth-order valence-electron chi connectivity index (χ4n) is 5.90. The number of thioether (sulfide) groups is 1. The molecule has 3 aromatic carbocycles. The van der Waals surface area contributed by atoms with Gasteiger partial charge in [0.05, 0.1) is 11.1 Å². The molecule has 0 aliphatic carbocycles. The van der Waals surface area contributed by atoms with Crippen molar-refractivity contribution in [1.82, 2.24) is 9.47 Å². The summed E-state index contributed by atoms with van der Waals surface area (Å²) in [6.45, 7) is 7.49. The van der Waals surface area contributed by atoms with E-state index in [1.165, 1.54) is 23.4 Å². The number of aromatic nitrogens is 1. The summed E-state index contributed by atoms with van der Waals surface area (Å²) in [6, 6.07) is 18.7. The molecule has 7 heteroatoms. The molecular formula is C33H36F2N2O2S. The van der Waals surface area contributed by atoms with E-state index in [2.05, 4.69) is 23.3 Å². The zero-order valence-electron chi connectivity index (χ0n) is 23.1. The molecule has 1 aliphatic heterocycles. The number of benzene rings is 3. The van der Waals surface area contributed by atoms with Crippen LogP contribution in [0.25, 0.3) is 16.6 Å². The minimum atomic E-state index is -0.960. The molecule has 5 rings (SSSR count). The highest BCUT2D eigenvalue weighted by Crippen LogP contribution is 2.43. The van der Waals surface area contributed by atoms with Crippen LogP contribution in [0.2, 0.25) is 0 Å². The first-order valence-corrected chi connectivity index (χ1v) is 15.1. The summed E-state index contributed by atoms with van der Waals surface area (Å²) in [5.41, 5.74) is 4.46. The number of nitrogens with zero attached hydrogens (tertiary/aromatic N) is 2. The lowest BCUT2D eigenvalue weighted by Crippen LogP contribution is -2.34. The molecule has 0 radical (unpaired) electrons. The van der Waals surface area contributed by atoms with Gasteiger partial charge in [-0.25, -0.2) is 13.6 Å². The minimum Gasteiger partial charge on any atom is -0.478 e. The SMILES string of the molecule is CCC(C)c1c(C2CCN(CCCSc3ccc(F)cc3)CC2)c2ccc(F)cc2n1-c1ccc(C(=O)O)cc1. The van der Waals surface area contributed by atoms with E-state index >= 15 is 0 Å². The Morgan fingerprint density at radius 3 is 2.33 bits per heavy atom. The van der Waals surface area contributed by atoms with Gasteiger partial charge < -0.3 is 14.6 Å². The quantitative estimate of drug-likeness (QED) is 0.156. The Labute approximate surface area is 239 Å². The number of carboxylic acids is 1. The highest BCUT2D eigenvalue weighted by atomic mass is 32.2. The number of piperidine rings is 1. The van der Waals surface area contributed by atoms with Gasteiger partial charge >= 0.3 is 5.97 Å². The molecule has 4 aromatic rings. The second kappa shape index (κ2) is 12.6. The average molecular weight is 563 g/mol. The summed E-state index contributed by atoms with van der Waals surface area (Å²) in [5, 5.41) is 10.5. The number of carboxylic acid groups (broad SMARTS) is 1.